The maximum absolute atomic E-state index is 8.68. The molecule has 0 aliphatic carbocycles. The molecule has 0 bridgehead atoms. The van der Waals surface area contributed by atoms with Gasteiger partial charge in [0.2, 0.25) is 0 Å². The van der Waals surface area contributed by atoms with Crippen molar-refractivity contribution in [1.29, 1.82) is 5.26 Å². The van der Waals surface area contributed by atoms with Crippen LogP contribution in [0.5, 0.6) is 0 Å². The van der Waals surface area contributed by atoms with Crippen LogP contribution >= 0.6 is 0 Å². The highest BCUT2D eigenvalue weighted by Gasteiger charge is 2.12. The van der Waals surface area contributed by atoms with Gasteiger partial charge in [0.15, 0.2) is 0 Å². The summed E-state index contributed by atoms with van der Waals surface area (Å²) in [5.74, 6) is 0.868. The molecular formula is C9H11NO. The Kier molecular flexibility index (Phi) is 2.74. The van der Waals surface area contributed by atoms with Crippen LogP contribution in [0.25, 0.3) is 0 Å². The van der Waals surface area contributed by atoms with Crippen molar-refractivity contribution < 1.29 is 4.74 Å². The number of rotatable bonds is 2. The molecule has 0 aromatic rings. The molecule has 0 spiro atoms. The molecule has 1 fully saturated rings. The lowest BCUT2D eigenvalue weighted by molar-refractivity contribution is 0.260. The zero-order valence-corrected chi connectivity index (χ0v) is 6.47. The van der Waals surface area contributed by atoms with Crippen LogP contribution in [-0.2, 0) is 4.74 Å². The van der Waals surface area contributed by atoms with Gasteiger partial charge in [0, 0.05) is 12.8 Å². The Morgan fingerprint density at radius 2 is 2.64 bits per heavy atom. The monoisotopic (exact) mass is 149 g/mol. The fourth-order valence-corrected chi connectivity index (χ4v) is 1.10. The summed E-state index contributed by atoms with van der Waals surface area (Å²) in [6, 6.07) is 2.13. The highest BCUT2D eigenvalue weighted by Crippen LogP contribution is 2.21. The van der Waals surface area contributed by atoms with E-state index in [1.807, 2.05) is 0 Å². The van der Waals surface area contributed by atoms with Crippen LogP contribution in [-0.4, -0.2) is 6.61 Å². The van der Waals surface area contributed by atoms with Crippen molar-refractivity contribution in [3.8, 4) is 6.07 Å². The normalized spacial score (nSPS) is 20.3. The first kappa shape index (κ1) is 7.87. The number of nitrogens with zero attached hydrogens (tertiary/aromatic N) is 1. The van der Waals surface area contributed by atoms with Gasteiger partial charge >= 0.3 is 0 Å². The van der Waals surface area contributed by atoms with Gasteiger partial charge in [-0.1, -0.05) is 6.08 Å². The van der Waals surface area contributed by atoms with Gasteiger partial charge in [-0.15, -0.1) is 6.58 Å². The lowest BCUT2D eigenvalue weighted by Gasteiger charge is -1.99. The molecule has 0 N–H and O–H groups in total. The van der Waals surface area contributed by atoms with Crippen molar-refractivity contribution in [2.24, 2.45) is 0 Å². The molecule has 1 aliphatic heterocycles. The smallest absolute Gasteiger partial charge is 0.110 e. The lowest BCUT2D eigenvalue weighted by atomic mass is 10.1. The molecule has 0 amide bonds. The fraction of sp³-hybridized carbons (Fsp3) is 0.444. The van der Waals surface area contributed by atoms with E-state index in [2.05, 4.69) is 12.6 Å². The third-order valence-corrected chi connectivity index (χ3v) is 1.64. The Balaban J connectivity index is 2.71. The van der Waals surface area contributed by atoms with Crippen LogP contribution in [0.15, 0.2) is 24.0 Å². The minimum absolute atomic E-state index is 0.631. The van der Waals surface area contributed by atoms with Gasteiger partial charge in [-0.05, 0) is 6.42 Å². The minimum atomic E-state index is 0.631. The molecule has 0 unspecified atom stereocenters. The Labute approximate surface area is 66.8 Å². The molecule has 2 heteroatoms. The maximum atomic E-state index is 8.68. The van der Waals surface area contributed by atoms with E-state index in [1.54, 1.807) is 6.08 Å². The summed E-state index contributed by atoms with van der Waals surface area (Å²) < 4.78 is 5.27. The van der Waals surface area contributed by atoms with Crippen molar-refractivity contribution in [2.45, 2.75) is 19.3 Å². The second-order valence-corrected chi connectivity index (χ2v) is 2.46. The third-order valence-electron chi connectivity index (χ3n) is 1.64. The number of nitriles is 1. The number of ether oxygens (including phenoxy) is 1. The molecule has 1 rings (SSSR count). The Morgan fingerprint density at radius 3 is 3.09 bits per heavy atom. The Bertz CT molecular complexity index is 214. The molecule has 2 nitrogen and oxygen atoms in total. The van der Waals surface area contributed by atoms with Crippen LogP contribution in [0.2, 0.25) is 0 Å². The van der Waals surface area contributed by atoms with E-state index in [0.717, 1.165) is 30.8 Å². The van der Waals surface area contributed by atoms with Crippen molar-refractivity contribution in [3.63, 3.8) is 0 Å². The average Bonchev–Trinajstić information content (AvgIpc) is 2.52. The van der Waals surface area contributed by atoms with Gasteiger partial charge in [0.1, 0.15) is 5.76 Å². The molecule has 0 aromatic carbocycles. The van der Waals surface area contributed by atoms with Gasteiger partial charge in [-0.3, -0.25) is 0 Å². The summed E-state index contributed by atoms with van der Waals surface area (Å²) in [5.41, 5.74) is 0.734. The Morgan fingerprint density at radius 1 is 1.82 bits per heavy atom. The first-order chi connectivity index (χ1) is 5.38. The molecule has 0 atom stereocenters. The highest BCUT2D eigenvalue weighted by atomic mass is 16.5. The standard InChI is InChI=1S/C9H11NO/c1-2-4-8(7-10)9-5-3-6-11-9/h2H,1,3-6H2/b9-8-. The average molecular weight is 149 g/mol. The summed E-state index contributed by atoms with van der Waals surface area (Å²) in [5, 5.41) is 8.68. The van der Waals surface area contributed by atoms with Crippen LogP contribution in [0.4, 0.5) is 0 Å². The second kappa shape index (κ2) is 3.82. The number of allylic oxidation sites excluding steroid dienone is 3. The van der Waals surface area contributed by atoms with E-state index >= 15 is 0 Å². The van der Waals surface area contributed by atoms with E-state index in [4.69, 9.17) is 10.00 Å². The molecular weight excluding hydrogens is 138 g/mol. The van der Waals surface area contributed by atoms with Crippen LogP contribution < -0.4 is 0 Å². The number of hydrogen-bond acceptors (Lipinski definition) is 2. The molecule has 1 saturated heterocycles. The summed E-state index contributed by atoms with van der Waals surface area (Å²) in [7, 11) is 0. The summed E-state index contributed by atoms with van der Waals surface area (Å²) in [6.07, 6.45) is 4.31. The van der Waals surface area contributed by atoms with E-state index < -0.39 is 0 Å². The van der Waals surface area contributed by atoms with Crippen molar-refractivity contribution in [2.75, 3.05) is 6.61 Å². The van der Waals surface area contributed by atoms with E-state index in [9.17, 15) is 0 Å². The van der Waals surface area contributed by atoms with Gasteiger partial charge in [-0.25, -0.2) is 0 Å². The summed E-state index contributed by atoms with van der Waals surface area (Å²) in [4.78, 5) is 0. The first-order valence-corrected chi connectivity index (χ1v) is 3.74. The zero-order chi connectivity index (χ0) is 8.10. The third kappa shape index (κ3) is 1.84. The van der Waals surface area contributed by atoms with Gasteiger partial charge < -0.3 is 4.74 Å². The highest BCUT2D eigenvalue weighted by molar-refractivity contribution is 5.27. The van der Waals surface area contributed by atoms with Crippen molar-refractivity contribution in [3.05, 3.63) is 24.0 Å². The van der Waals surface area contributed by atoms with Crippen LogP contribution in [0.3, 0.4) is 0 Å². The van der Waals surface area contributed by atoms with Gasteiger partial charge in [0.25, 0.3) is 0 Å². The molecule has 1 heterocycles. The second-order valence-electron chi connectivity index (χ2n) is 2.46. The maximum Gasteiger partial charge on any atom is 0.110 e. The predicted octanol–water partition coefficient (Wildman–Crippen LogP) is 2.15. The van der Waals surface area contributed by atoms with Crippen LogP contribution in [0.1, 0.15) is 19.3 Å². The predicted molar refractivity (Wildman–Crippen MR) is 42.6 cm³/mol. The summed E-state index contributed by atoms with van der Waals surface area (Å²) in [6.45, 7) is 4.34. The SMILES string of the molecule is C=CC/C(C#N)=C1\CCCO1. The topological polar surface area (TPSA) is 33.0 Å². The quantitative estimate of drug-likeness (QED) is 0.445. The van der Waals surface area contributed by atoms with Gasteiger partial charge in [-0.2, -0.15) is 5.26 Å². The largest absolute Gasteiger partial charge is 0.497 e. The fourth-order valence-electron chi connectivity index (χ4n) is 1.10. The van der Waals surface area contributed by atoms with Crippen molar-refractivity contribution >= 4 is 0 Å². The van der Waals surface area contributed by atoms with Crippen LogP contribution in [0, 0.1) is 11.3 Å². The van der Waals surface area contributed by atoms with E-state index in [1.165, 1.54) is 0 Å². The first-order valence-electron chi connectivity index (χ1n) is 3.74. The van der Waals surface area contributed by atoms with Crippen molar-refractivity contribution in [1.82, 2.24) is 0 Å². The molecule has 0 aromatic heterocycles. The van der Waals surface area contributed by atoms with E-state index in [0.29, 0.717) is 6.42 Å². The lowest BCUT2D eigenvalue weighted by Crippen LogP contribution is -1.86. The number of hydrogen-bond donors (Lipinski definition) is 0. The minimum Gasteiger partial charge on any atom is -0.497 e. The molecule has 58 valence electrons. The summed E-state index contributed by atoms with van der Waals surface area (Å²) >= 11 is 0. The molecule has 11 heavy (non-hydrogen) atoms. The zero-order valence-electron chi connectivity index (χ0n) is 6.47. The van der Waals surface area contributed by atoms with E-state index in [-0.39, 0.29) is 0 Å². The molecule has 1 aliphatic rings. The van der Waals surface area contributed by atoms with Gasteiger partial charge in [0.05, 0.1) is 18.2 Å². The Hall–Kier alpha value is -1.23. The molecule has 0 saturated carbocycles. The molecule has 0 radical (unpaired) electrons.